The van der Waals surface area contributed by atoms with Gasteiger partial charge in [-0.1, -0.05) is 12.1 Å². The number of benzene rings is 2. The summed E-state index contributed by atoms with van der Waals surface area (Å²) < 4.78 is 5.39. The number of ether oxygens (including phenoxy) is 1. The van der Waals surface area contributed by atoms with Crippen molar-refractivity contribution in [2.24, 2.45) is 0 Å². The highest BCUT2D eigenvalue weighted by Gasteiger charge is 2.44. The molecule has 6 rings (SSSR count). The zero-order valence-electron chi connectivity index (χ0n) is 15.7. The van der Waals surface area contributed by atoms with Crippen LogP contribution < -0.4 is 10.1 Å². The molecule has 2 N–H and O–H groups in total. The van der Waals surface area contributed by atoms with E-state index in [-0.39, 0.29) is 5.54 Å². The predicted molar refractivity (Wildman–Crippen MR) is 108 cm³/mol. The van der Waals surface area contributed by atoms with E-state index in [0.717, 1.165) is 29.7 Å². The van der Waals surface area contributed by atoms with Gasteiger partial charge >= 0.3 is 0 Å². The number of aromatic nitrogens is 2. The summed E-state index contributed by atoms with van der Waals surface area (Å²) in [7, 11) is 1.73. The Morgan fingerprint density at radius 1 is 1.22 bits per heavy atom. The Labute approximate surface area is 159 Å². The van der Waals surface area contributed by atoms with Gasteiger partial charge in [0, 0.05) is 30.2 Å². The minimum absolute atomic E-state index is 0.172. The molecule has 3 aromatic rings. The summed E-state index contributed by atoms with van der Waals surface area (Å²) in [5.74, 6) is 0.941. The van der Waals surface area contributed by atoms with Crippen LogP contribution in [0.4, 0.5) is 5.69 Å². The number of piperidine rings is 2. The van der Waals surface area contributed by atoms with E-state index in [2.05, 4.69) is 56.8 Å². The lowest BCUT2D eigenvalue weighted by molar-refractivity contribution is 0.0338. The summed E-state index contributed by atoms with van der Waals surface area (Å²) in [5, 5.41) is 12.2. The quantitative estimate of drug-likeness (QED) is 0.715. The van der Waals surface area contributed by atoms with Crippen molar-refractivity contribution in [1.29, 1.82) is 0 Å². The number of anilines is 1. The lowest BCUT2D eigenvalue weighted by Gasteiger charge is -2.53. The molecule has 3 heterocycles. The molecular formula is C22H26N4O. The number of hydrogen-bond acceptors (Lipinski definition) is 4. The van der Waals surface area contributed by atoms with Gasteiger partial charge in [-0.15, -0.1) is 0 Å². The number of fused-ring (bicyclic) bond motifs is 4. The van der Waals surface area contributed by atoms with Crippen LogP contribution in [0.25, 0.3) is 10.9 Å². The zero-order chi connectivity index (χ0) is 18.3. The molecule has 0 atom stereocenters. The summed E-state index contributed by atoms with van der Waals surface area (Å²) in [6.45, 7) is 2.09. The Bertz CT molecular complexity index is 942. The second-order valence-corrected chi connectivity index (χ2v) is 8.07. The highest BCUT2D eigenvalue weighted by Crippen LogP contribution is 2.41. The van der Waals surface area contributed by atoms with Gasteiger partial charge in [-0.2, -0.15) is 5.10 Å². The average molecular weight is 362 g/mol. The number of nitrogens with zero attached hydrogens (tertiary/aromatic N) is 2. The molecule has 1 aliphatic carbocycles. The van der Waals surface area contributed by atoms with Crippen LogP contribution in [0.2, 0.25) is 0 Å². The lowest BCUT2D eigenvalue weighted by atomic mass is 9.73. The molecule has 0 radical (unpaired) electrons. The number of H-pyrrole nitrogens is 1. The zero-order valence-corrected chi connectivity index (χ0v) is 15.7. The van der Waals surface area contributed by atoms with Crippen LogP contribution in [-0.4, -0.2) is 40.3 Å². The number of hydrogen-bond donors (Lipinski definition) is 2. The first-order valence-corrected chi connectivity index (χ1v) is 9.81. The van der Waals surface area contributed by atoms with Crippen LogP contribution in [0, 0.1) is 0 Å². The first-order valence-electron chi connectivity index (χ1n) is 9.81. The van der Waals surface area contributed by atoms with Gasteiger partial charge in [0.2, 0.25) is 0 Å². The average Bonchev–Trinajstić information content (AvgIpc) is 3.16. The van der Waals surface area contributed by atoms with Gasteiger partial charge in [0.05, 0.1) is 24.4 Å². The fourth-order valence-electron chi connectivity index (χ4n) is 4.88. The molecule has 27 heavy (non-hydrogen) atoms. The Hall–Kier alpha value is -2.53. The minimum Gasteiger partial charge on any atom is -0.497 e. The Morgan fingerprint density at radius 2 is 2.11 bits per heavy atom. The Morgan fingerprint density at radius 3 is 2.96 bits per heavy atom. The second kappa shape index (κ2) is 6.57. The predicted octanol–water partition coefficient (Wildman–Crippen LogP) is 4.18. The van der Waals surface area contributed by atoms with E-state index < -0.39 is 0 Å². The summed E-state index contributed by atoms with van der Waals surface area (Å²) in [4.78, 5) is 2.66. The van der Waals surface area contributed by atoms with Crippen LogP contribution in [0.15, 0.2) is 48.7 Å². The van der Waals surface area contributed by atoms with Crippen molar-refractivity contribution in [3.05, 3.63) is 54.2 Å². The molecule has 2 saturated heterocycles. The number of aromatic amines is 1. The molecule has 5 nitrogen and oxygen atoms in total. The van der Waals surface area contributed by atoms with Gasteiger partial charge in [-0.3, -0.25) is 10.00 Å². The lowest BCUT2D eigenvalue weighted by Crippen LogP contribution is -2.60. The largest absolute Gasteiger partial charge is 0.497 e. The Kier molecular flexibility index (Phi) is 4.05. The van der Waals surface area contributed by atoms with Crippen LogP contribution in [0.5, 0.6) is 5.75 Å². The van der Waals surface area contributed by atoms with Gasteiger partial charge in [0.1, 0.15) is 5.75 Å². The van der Waals surface area contributed by atoms with Crippen molar-refractivity contribution in [2.45, 2.75) is 43.8 Å². The van der Waals surface area contributed by atoms with Crippen LogP contribution in [0.3, 0.4) is 0 Å². The van der Waals surface area contributed by atoms with Crippen molar-refractivity contribution in [1.82, 2.24) is 15.1 Å². The molecule has 2 aromatic carbocycles. The molecule has 0 amide bonds. The van der Waals surface area contributed by atoms with Crippen LogP contribution >= 0.6 is 0 Å². The number of methoxy groups -OCH3 is 1. The monoisotopic (exact) mass is 362 g/mol. The SMILES string of the molecule is COc1cccc(CN2CC3(Nc4ccc5[nH]ncc5c4)CCC2CC3)c1. The van der Waals surface area contributed by atoms with Gasteiger partial charge in [0.25, 0.3) is 0 Å². The third-order valence-electron chi connectivity index (χ3n) is 6.30. The molecule has 1 saturated carbocycles. The van der Waals surface area contributed by atoms with Gasteiger partial charge in [-0.05, 0) is 61.6 Å². The Balaban J connectivity index is 1.35. The van der Waals surface area contributed by atoms with Crippen molar-refractivity contribution in [3.63, 3.8) is 0 Å². The third kappa shape index (κ3) is 3.16. The minimum atomic E-state index is 0.172. The summed E-state index contributed by atoms with van der Waals surface area (Å²) in [6, 6.07) is 15.7. The van der Waals surface area contributed by atoms with E-state index in [1.54, 1.807) is 7.11 Å². The van der Waals surface area contributed by atoms with E-state index in [0.29, 0.717) is 6.04 Å². The first kappa shape index (κ1) is 16.6. The third-order valence-corrected chi connectivity index (χ3v) is 6.30. The maximum atomic E-state index is 5.39. The summed E-state index contributed by atoms with van der Waals surface area (Å²) in [6.07, 6.45) is 6.92. The first-order chi connectivity index (χ1) is 13.2. The maximum Gasteiger partial charge on any atom is 0.119 e. The van der Waals surface area contributed by atoms with E-state index in [1.165, 1.54) is 36.9 Å². The van der Waals surface area contributed by atoms with Gasteiger partial charge < -0.3 is 10.1 Å². The molecule has 2 aliphatic heterocycles. The smallest absolute Gasteiger partial charge is 0.119 e. The fraction of sp³-hybridized carbons (Fsp3) is 0.409. The molecule has 2 bridgehead atoms. The molecule has 5 heteroatoms. The molecule has 0 spiro atoms. The summed E-state index contributed by atoms with van der Waals surface area (Å²) in [5.41, 5.74) is 3.79. The van der Waals surface area contributed by atoms with E-state index in [9.17, 15) is 0 Å². The van der Waals surface area contributed by atoms with Gasteiger partial charge in [-0.25, -0.2) is 0 Å². The van der Waals surface area contributed by atoms with E-state index >= 15 is 0 Å². The van der Waals surface area contributed by atoms with Crippen molar-refractivity contribution < 1.29 is 4.74 Å². The second-order valence-electron chi connectivity index (χ2n) is 8.07. The summed E-state index contributed by atoms with van der Waals surface area (Å²) >= 11 is 0. The number of nitrogens with one attached hydrogen (secondary N) is 2. The molecule has 3 fully saturated rings. The van der Waals surface area contributed by atoms with Crippen LogP contribution in [0.1, 0.15) is 31.2 Å². The van der Waals surface area contributed by atoms with Crippen molar-refractivity contribution in [3.8, 4) is 5.75 Å². The van der Waals surface area contributed by atoms with E-state index in [1.807, 2.05) is 12.3 Å². The van der Waals surface area contributed by atoms with Crippen molar-refractivity contribution in [2.75, 3.05) is 19.0 Å². The highest BCUT2D eigenvalue weighted by atomic mass is 16.5. The number of rotatable bonds is 5. The van der Waals surface area contributed by atoms with Gasteiger partial charge in [0.15, 0.2) is 0 Å². The highest BCUT2D eigenvalue weighted by molar-refractivity contribution is 5.81. The fourth-order valence-corrected chi connectivity index (χ4v) is 4.88. The molecule has 0 unspecified atom stereocenters. The molecular weight excluding hydrogens is 336 g/mol. The standard InChI is InChI=1S/C22H26N4O/c1-27-20-4-2-3-16(11-20)14-26-15-22(9-7-19(26)8-10-22)24-18-5-6-21-17(12-18)13-23-25-21/h2-6,11-13,19,24H,7-10,14-15H2,1H3,(H,23,25). The topological polar surface area (TPSA) is 53.2 Å². The molecule has 1 aromatic heterocycles. The molecule has 140 valence electrons. The maximum absolute atomic E-state index is 5.39. The molecule has 3 aliphatic rings. The normalized spacial score (nSPS) is 25.0. The van der Waals surface area contributed by atoms with Crippen LogP contribution in [-0.2, 0) is 6.54 Å². The van der Waals surface area contributed by atoms with Crippen molar-refractivity contribution >= 4 is 16.6 Å². The van der Waals surface area contributed by atoms with E-state index in [4.69, 9.17) is 4.74 Å².